The summed E-state index contributed by atoms with van der Waals surface area (Å²) in [7, 11) is 0. The molecule has 1 aromatic rings. The van der Waals surface area contributed by atoms with Gasteiger partial charge in [-0.3, -0.25) is 0 Å². The third-order valence-corrected chi connectivity index (χ3v) is 4.30. The normalized spacial score (nSPS) is 15.2. The maximum atomic E-state index is 9.14. The Kier molecular flexibility index (Phi) is 6.14. The quantitative estimate of drug-likeness (QED) is 0.773. The van der Waals surface area contributed by atoms with E-state index >= 15 is 0 Å². The number of hydrogen-bond acceptors (Lipinski definition) is 3. The highest BCUT2D eigenvalue weighted by atomic mass is 35.5. The molecular weight excluding hydrogens is 272 g/mol. The summed E-state index contributed by atoms with van der Waals surface area (Å²) in [4.78, 5) is 2.41. The van der Waals surface area contributed by atoms with Gasteiger partial charge in [-0.05, 0) is 43.9 Å². The fourth-order valence-electron chi connectivity index (χ4n) is 2.70. The number of hydrogen-bond donors (Lipinski definition) is 2. The molecule has 1 aromatic carbocycles. The maximum Gasteiger partial charge on any atom is 0.0643 e. The van der Waals surface area contributed by atoms with Gasteiger partial charge in [0.25, 0.3) is 0 Å². The van der Waals surface area contributed by atoms with Crippen molar-refractivity contribution in [3.8, 4) is 0 Å². The Morgan fingerprint density at radius 2 is 2.20 bits per heavy atom. The summed E-state index contributed by atoms with van der Waals surface area (Å²) in [6.45, 7) is 5.01. The number of anilines is 1. The lowest BCUT2D eigenvalue weighted by molar-refractivity contribution is 0.283. The molecule has 0 amide bonds. The number of rotatable bonds is 8. The second-order valence-electron chi connectivity index (χ2n) is 5.38. The van der Waals surface area contributed by atoms with Crippen molar-refractivity contribution in [2.45, 2.75) is 45.2 Å². The van der Waals surface area contributed by atoms with Crippen LogP contribution in [-0.2, 0) is 6.54 Å². The molecule has 0 atom stereocenters. The lowest BCUT2D eigenvalue weighted by atomic mass is 9.90. The Morgan fingerprint density at radius 1 is 1.40 bits per heavy atom. The molecule has 0 aromatic heterocycles. The number of halogens is 1. The number of nitrogens with one attached hydrogen (secondary N) is 1. The average molecular weight is 297 g/mol. The van der Waals surface area contributed by atoms with E-state index in [9.17, 15) is 0 Å². The van der Waals surface area contributed by atoms with E-state index in [1.807, 2.05) is 12.1 Å². The number of nitrogens with zero attached hydrogens (tertiary/aromatic N) is 1. The first-order valence-corrected chi connectivity index (χ1v) is 8.01. The van der Waals surface area contributed by atoms with Crippen molar-refractivity contribution < 1.29 is 5.11 Å². The van der Waals surface area contributed by atoms with E-state index in [2.05, 4.69) is 23.2 Å². The maximum absolute atomic E-state index is 9.14. The fourth-order valence-corrected chi connectivity index (χ4v) is 3.00. The van der Waals surface area contributed by atoms with Crippen LogP contribution in [-0.4, -0.2) is 30.8 Å². The molecule has 2 N–H and O–H groups in total. The molecule has 0 aliphatic heterocycles. The summed E-state index contributed by atoms with van der Waals surface area (Å²) in [5.41, 5.74) is 2.41. The number of aliphatic hydroxyl groups excluding tert-OH is 1. The summed E-state index contributed by atoms with van der Waals surface area (Å²) in [5, 5.41) is 13.4. The summed E-state index contributed by atoms with van der Waals surface area (Å²) in [6, 6.07) is 6.72. The van der Waals surface area contributed by atoms with Crippen LogP contribution in [0.25, 0.3) is 0 Å². The zero-order valence-electron chi connectivity index (χ0n) is 12.2. The zero-order chi connectivity index (χ0) is 14.4. The predicted molar refractivity (Wildman–Crippen MR) is 85.5 cm³/mol. The molecule has 2 rings (SSSR count). The van der Waals surface area contributed by atoms with Crippen molar-refractivity contribution in [2.75, 3.05) is 24.6 Å². The van der Waals surface area contributed by atoms with E-state index in [1.54, 1.807) is 0 Å². The van der Waals surface area contributed by atoms with Gasteiger partial charge in [-0.25, -0.2) is 0 Å². The Hall–Kier alpha value is -0.770. The molecule has 3 nitrogen and oxygen atoms in total. The third kappa shape index (κ3) is 3.66. The molecule has 20 heavy (non-hydrogen) atoms. The van der Waals surface area contributed by atoms with E-state index in [-0.39, 0.29) is 6.61 Å². The molecule has 0 saturated heterocycles. The summed E-state index contributed by atoms with van der Waals surface area (Å²) < 4.78 is 0. The van der Waals surface area contributed by atoms with Crippen LogP contribution in [0.15, 0.2) is 18.2 Å². The van der Waals surface area contributed by atoms with Crippen molar-refractivity contribution in [1.29, 1.82) is 0 Å². The van der Waals surface area contributed by atoms with Gasteiger partial charge in [-0.1, -0.05) is 30.7 Å². The fraction of sp³-hybridized carbons (Fsp3) is 0.625. The highest BCUT2D eigenvalue weighted by molar-refractivity contribution is 6.33. The first kappa shape index (κ1) is 15.6. The van der Waals surface area contributed by atoms with E-state index in [4.69, 9.17) is 16.7 Å². The van der Waals surface area contributed by atoms with Crippen molar-refractivity contribution in [1.82, 2.24) is 5.32 Å². The monoisotopic (exact) mass is 296 g/mol. The van der Waals surface area contributed by atoms with Gasteiger partial charge in [0.2, 0.25) is 0 Å². The third-order valence-electron chi connectivity index (χ3n) is 4.00. The van der Waals surface area contributed by atoms with E-state index in [1.165, 1.54) is 24.8 Å². The minimum absolute atomic E-state index is 0.232. The molecule has 1 aliphatic carbocycles. The first-order valence-electron chi connectivity index (χ1n) is 7.63. The van der Waals surface area contributed by atoms with Crippen LogP contribution in [0, 0.1) is 0 Å². The highest BCUT2D eigenvalue weighted by Gasteiger charge is 2.27. The van der Waals surface area contributed by atoms with Crippen molar-refractivity contribution in [2.24, 2.45) is 0 Å². The van der Waals surface area contributed by atoms with Gasteiger partial charge in [-0.2, -0.15) is 0 Å². The zero-order valence-corrected chi connectivity index (χ0v) is 13.0. The van der Waals surface area contributed by atoms with Crippen LogP contribution in [0.1, 0.15) is 38.2 Å². The minimum atomic E-state index is 0.232. The molecule has 0 bridgehead atoms. The molecule has 0 heterocycles. The lowest BCUT2D eigenvalue weighted by Crippen LogP contribution is -2.42. The average Bonchev–Trinajstić information content (AvgIpc) is 2.39. The van der Waals surface area contributed by atoms with Crippen LogP contribution in [0.3, 0.4) is 0 Å². The van der Waals surface area contributed by atoms with Gasteiger partial charge in [-0.15, -0.1) is 0 Å². The minimum Gasteiger partial charge on any atom is -0.396 e. The van der Waals surface area contributed by atoms with Crippen LogP contribution >= 0.6 is 11.6 Å². The number of benzene rings is 1. The highest BCUT2D eigenvalue weighted by Crippen LogP contribution is 2.36. The van der Waals surface area contributed by atoms with E-state index in [0.29, 0.717) is 6.04 Å². The summed E-state index contributed by atoms with van der Waals surface area (Å²) in [6.07, 6.45) is 4.56. The number of para-hydroxylation sites is 1. The topological polar surface area (TPSA) is 35.5 Å². The summed E-state index contributed by atoms with van der Waals surface area (Å²) in [5.74, 6) is 0. The summed E-state index contributed by atoms with van der Waals surface area (Å²) >= 11 is 6.48. The Bertz CT molecular complexity index is 421. The van der Waals surface area contributed by atoms with Gasteiger partial charge < -0.3 is 15.3 Å². The molecule has 1 aliphatic rings. The largest absolute Gasteiger partial charge is 0.396 e. The van der Waals surface area contributed by atoms with Crippen LogP contribution in [0.2, 0.25) is 5.02 Å². The van der Waals surface area contributed by atoms with E-state index in [0.717, 1.165) is 36.8 Å². The first-order chi connectivity index (χ1) is 9.77. The molecule has 112 valence electrons. The molecule has 1 saturated carbocycles. The molecule has 0 spiro atoms. The molecule has 0 unspecified atom stereocenters. The lowest BCUT2D eigenvalue weighted by Gasteiger charge is -2.40. The Morgan fingerprint density at radius 3 is 2.80 bits per heavy atom. The van der Waals surface area contributed by atoms with Crippen LogP contribution < -0.4 is 10.2 Å². The van der Waals surface area contributed by atoms with Gasteiger partial charge in [0.05, 0.1) is 10.7 Å². The molecule has 4 heteroatoms. The SMILES string of the molecule is CCNCc1cccc(Cl)c1N(CCCO)C1CCC1. The van der Waals surface area contributed by atoms with Crippen LogP contribution in [0.4, 0.5) is 5.69 Å². The second kappa shape index (κ2) is 7.87. The van der Waals surface area contributed by atoms with Crippen LogP contribution in [0.5, 0.6) is 0 Å². The van der Waals surface area contributed by atoms with Gasteiger partial charge in [0.1, 0.15) is 0 Å². The second-order valence-corrected chi connectivity index (χ2v) is 5.79. The van der Waals surface area contributed by atoms with E-state index < -0.39 is 0 Å². The predicted octanol–water partition coefficient (Wildman–Crippen LogP) is 3.19. The van der Waals surface area contributed by atoms with Crippen molar-refractivity contribution in [3.05, 3.63) is 28.8 Å². The molecule has 1 fully saturated rings. The number of aliphatic hydroxyl groups is 1. The van der Waals surface area contributed by atoms with Gasteiger partial charge in [0, 0.05) is 25.7 Å². The molecular formula is C16H25ClN2O. The Labute approximate surface area is 126 Å². The smallest absolute Gasteiger partial charge is 0.0643 e. The van der Waals surface area contributed by atoms with Gasteiger partial charge in [0.15, 0.2) is 0 Å². The van der Waals surface area contributed by atoms with Crippen molar-refractivity contribution >= 4 is 17.3 Å². The standard InChI is InChI=1S/C16H25ClN2O/c1-2-18-12-13-6-3-9-15(17)16(13)19(10-5-11-20)14-7-4-8-14/h3,6,9,14,18,20H,2,4-5,7-8,10-12H2,1H3. The Balaban J connectivity index is 2.24. The van der Waals surface area contributed by atoms with Crippen molar-refractivity contribution in [3.63, 3.8) is 0 Å². The van der Waals surface area contributed by atoms with Gasteiger partial charge >= 0.3 is 0 Å². The molecule has 0 radical (unpaired) electrons.